The number of ether oxygens (including phenoxy) is 1. The molecule has 1 aliphatic carbocycles. The van der Waals surface area contributed by atoms with Crippen molar-refractivity contribution < 1.29 is 4.74 Å². The van der Waals surface area contributed by atoms with E-state index in [1.54, 1.807) is 6.07 Å². The number of aromatic nitrogens is 2. The number of halogens is 1. The van der Waals surface area contributed by atoms with Crippen LogP contribution in [-0.4, -0.2) is 23.1 Å². The average Bonchev–Trinajstić information content (AvgIpc) is 3.14. The van der Waals surface area contributed by atoms with Crippen molar-refractivity contribution in [3.63, 3.8) is 0 Å². The van der Waals surface area contributed by atoms with E-state index in [0.29, 0.717) is 29.6 Å². The maximum atomic E-state index is 6.01. The fraction of sp³-hybridized carbons (Fsp3) is 0.714. The van der Waals surface area contributed by atoms with Crippen LogP contribution in [-0.2, 0) is 11.3 Å². The lowest BCUT2D eigenvalue weighted by molar-refractivity contribution is 0.128. The molecule has 0 radical (unpaired) electrons. The molecular weight excluding hydrogens is 262 g/mol. The molecule has 106 valence electrons. The lowest BCUT2D eigenvalue weighted by Gasteiger charge is -2.15. The number of rotatable bonds is 8. The summed E-state index contributed by atoms with van der Waals surface area (Å²) in [6.45, 7) is 6.22. The highest BCUT2D eigenvalue weighted by atomic mass is 35.5. The smallest absolute Gasteiger partial charge is 0.158 e. The molecule has 1 fully saturated rings. The predicted octanol–water partition coefficient (Wildman–Crippen LogP) is 3.66. The molecule has 1 aromatic rings. The Morgan fingerprint density at radius 2 is 2.16 bits per heavy atom. The summed E-state index contributed by atoms with van der Waals surface area (Å²) >= 11 is 6.01. The van der Waals surface area contributed by atoms with Gasteiger partial charge in [0.15, 0.2) is 5.82 Å². The van der Waals surface area contributed by atoms with Crippen LogP contribution in [0, 0.1) is 5.41 Å². The quantitative estimate of drug-likeness (QED) is 0.740. The Labute approximate surface area is 119 Å². The van der Waals surface area contributed by atoms with Crippen molar-refractivity contribution in [1.29, 1.82) is 0 Å². The van der Waals surface area contributed by atoms with Gasteiger partial charge in [-0.3, -0.25) is 0 Å². The molecule has 1 saturated carbocycles. The van der Waals surface area contributed by atoms with E-state index in [1.165, 1.54) is 25.7 Å². The maximum absolute atomic E-state index is 6.01. The normalized spacial score (nSPS) is 16.4. The topological polar surface area (TPSA) is 47.0 Å². The van der Waals surface area contributed by atoms with Crippen molar-refractivity contribution >= 4 is 17.4 Å². The molecule has 0 spiro atoms. The second-order valence-electron chi connectivity index (χ2n) is 5.23. The maximum Gasteiger partial charge on any atom is 0.158 e. The van der Waals surface area contributed by atoms with Gasteiger partial charge in [0.1, 0.15) is 17.6 Å². The standard InChI is InChI=1S/C14H22ClN3O/c1-3-5-14(6-7-14)10-16-12-8-11(15)17-13(18-12)9-19-4-2/h8H,3-7,9-10H2,1-2H3,(H,16,17,18). The minimum absolute atomic E-state index is 0.409. The summed E-state index contributed by atoms with van der Waals surface area (Å²) in [5.41, 5.74) is 0.492. The van der Waals surface area contributed by atoms with Crippen molar-refractivity contribution in [2.24, 2.45) is 5.41 Å². The second-order valence-corrected chi connectivity index (χ2v) is 5.62. The first-order valence-electron chi connectivity index (χ1n) is 7.02. The van der Waals surface area contributed by atoms with E-state index in [9.17, 15) is 0 Å². The van der Waals surface area contributed by atoms with Gasteiger partial charge >= 0.3 is 0 Å². The zero-order valence-corrected chi connectivity index (χ0v) is 12.5. The van der Waals surface area contributed by atoms with Gasteiger partial charge in [-0.05, 0) is 31.6 Å². The van der Waals surface area contributed by atoms with E-state index >= 15 is 0 Å². The van der Waals surface area contributed by atoms with E-state index < -0.39 is 0 Å². The molecule has 0 atom stereocenters. The predicted molar refractivity (Wildman–Crippen MR) is 77.4 cm³/mol. The molecule has 0 amide bonds. The van der Waals surface area contributed by atoms with Crippen LogP contribution >= 0.6 is 11.6 Å². The molecule has 1 heterocycles. The van der Waals surface area contributed by atoms with E-state index in [2.05, 4.69) is 22.2 Å². The molecule has 0 bridgehead atoms. The minimum atomic E-state index is 0.409. The van der Waals surface area contributed by atoms with Gasteiger partial charge in [0.2, 0.25) is 0 Å². The molecule has 0 aromatic carbocycles. The molecule has 0 saturated heterocycles. The molecule has 4 nitrogen and oxygen atoms in total. The Morgan fingerprint density at radius 1 is 1.37 bits per heavy atom. The van der Waals surface area contributed by atoms with Crippen LogP contribution in [0.25, 0.3) is 0 Å². The van der Waals surface area contributed by atoms with Crippen molar-refractivity contribution in [2.75, 3.05) is 18.5 Å². The van der Waals surface area contributed by atoms with Gasteiger partial charge in [-0.2, -0.15) is 0 Å². The van der Waals surface area contributed by atoms with Crippen LogP contribution in [0.3, 0.4) is 0 Å². The van der Waals surface area contributed by atoms with E-state index in [4.69, 9.17) is 16.3 Å². The summed E-state index contributed by atoms with van der Waals surface area (Å²) in [4.78, 5) is 8.59. The largest absolute Gasteiger partial charge is 0.374 e. The van der Waals surface area contributed by atoms with Crippen molar-refractivity contribution in [2.45, 2.75) is 46.1 Å². The molecule has 5 heteroatoms. The fourth-order valence-electron chi connectivity index (χ4n) is 2.31. The number of hydrogen-bond donors (Lipinski definition) is 1. The third-order valence-corrected chi connectivity index (χ3v) is 3.75. The lowest BCUT2D eigenvalue weighted by atomic mass is 10.0. The molecular formula is C14H22ClN3O. The Kier molecular flexibility index (Phi) is 4.99. The Morgan fingerprint density at radius 3 is 2.79 bits per heavy atom. The SMILES string of the molecule is CCCC1(CNc2cc(Cl)nc(COCC)n2)CC1. The Hall–Kier alpha value is -0.870. The molecule has 1 aliphatic rings. The number of nitrogens with zero attached hydrogens (tertiary/aromatic N) is 2. The van der Waals surface area contributed by atoms with E-state index in [0.717, 1.165) is 12.4 Å². The molecule has 1 N–H and O–H groups in total. The van der Waals surface area contributed by atoms with Gasteiger partial charge < -0.3 is 10.1 Å². The van der Waals surface area contributed by atoms with Gasteiger partial charge in [0, 0.05) is 19.2 Å². The van der Waals surface area contributed by atoms with Crippen LogP contribution in [0.5, 0.6) is 0 Å². The molecule has 0 aliphatic heterocycles. The summed E-state index contributed by atoms with van der Waals surface area (Å²) in [6.07, 6.45) is 5.16. The highest BCUT2D eigenvalue weighted by molar-refractivity contribution is 6.29. The van der Waals surface area contributed by atoms with E-state index in [1.807, 2.05) is 6.92 Å². The highest BCUT2D eigenvalue weighted by Gasteiger charge is 2.41. The monoisotopic (exact) mass is 283 g/mol. The fourth-order valence-corrected chi connectivity index (χ4v) is 2.51. The third-order valence-electron chi connectivity index (χ3n) is 3.56. The summed E-state index contributed by atoms with van der Waals surface area (Å²) in [6, 6.07) is 1.78. The first kappa shape index (κ1) is 14.5. The first-order valence-corrected chi connectivity index (χ1v) is 7.40. The van der Waals surface area contributed by atoms with Crippen LogP contribution in [0.1, 0.15) is 45.4 Å². The Balaban J connectivity index is 1.94. The summed E-state index contributed by atoms with van der Waals surface area (Å²) in [5.74, 6) is 1.44. The van der Waals surface area contributed by atoms with Gasteiger partial charge in [-0.25, -0.2) is 9.97 Å². The summed E-state index contributed by atoms with van der Waals surface area (Å²) in [7, 11) is 0. The third kappa shape index (κ3) is 4.32. The molecule has 2 rings (SSSR count). The number of nitrogens with one attached hydrogen (secondary N) is 1. The highest BCUT2D eigenvalue weighted by Crippen LogP contribution is 2.49. The average molecular weight is 284 g/mol. The minimum Gasteiger partial charge on any atom is -0.374 e. The zero-order chi connectivity index (χ0) is 13.7. The lowest BCUT2D eigenvalue weighted by Crippen LogP contribution is -2.16. The van der Waals surface area contributed by atoms with Crippen LogP contribution in [0.2, 0.25) is 5.15 Å². The summed E-state index contributed by atoms with van der Waals surface area (Å²) in [5, 5.41) is 3.86. The number of anilines is 1. The van der Waals surface area contributed by atoms with Crippen molar-refractivity contribution in [3.8, 4) is 0 Å². The molecule has 0 unspecified atom stereocenters. The molecule has 1 aromatic heterocycles. The molecule has 19 heavy (non-hydrogen) atoms. The van der Waals surface area contributed by atoms with Gasteiger partial charge in [0.05, 0.1) is 0 Å². The van der Waals surface area contributed by atoms with Gasteiger partial charge in [0.25, 0.3) is 0 Å². The zero-order valence-electron chi connectivity index (χ0n) is 11.7. The van der Waals surface area contributed by atoms with Crippen LogP contribution < -0.4 is 5.32 Å². The van der Waals surface area contributed by atoms with Crippen LogP contribution in [0.4, 0.5) is 5.82 Å². The second kappa shape index (κ2) is 6.53. The van der Waals surface area contributed by atoms with Crippen molar-refractivity contribution in [3.05, 3.63) is 17.0 Å². The Bertz CT molecular complexity index is 421. The number of hydrogen-bond acceptors (Lipinski definition) is 4. The van der Waals surface area contributed by atoms with Crippen LogP contribution in [0.15, 0.2) is 6.07 Å². The van der Waals surface area contributed by atoms with Gasteiger partial charge in [-0.1, -0.05) is 24.9 Å². The summed E-state index contributed by atoms with van der Waals surface area (Å²) < 4.78 is 5.31. The van der Waals surface area contributed by atoms with Gasteiger partial charge in [-0.15, -0.1) is 0 Å². The van der Waals surface area contributed by atoms with E-state index in [-0.39, 0.29) is 0 Å². The first-order chi connectivity index (χ1) is 9.17. The van der Waals surface area contributed by atoms with Crippen molar-refractivity contribution in [1.82, 2.24) is 9.97 Å².